The number of ether oxygens (including phenoxy) is 1. The Labute approximate surface area is 168 Å². The summed E-state index contributed by atoms with van der Waals surface area (Å²) >= 11 is 0. The van der Waals surface area contributed by atoms with Crippen molar-refractivity contribution < 1.29 is 9.53 Å². The van der Waals surface area contributed by atoms with E-state index < -0.39 is 0 Å². The number of carbonyl (C=O) groups excluding carboxylic acids is 1. The molecule has 0 saturated heterocycles. The second-order valence-electron chi connectivity index (χ2n) is 6.40. The smallest absolute Gasteiger partial charge is 0.262 e. The first-order valence-electron chi connectivity index (χ1n) is 9.25. The molecule has 0 heterocycles. The van der Waals surface area contributed by atoms with Gasteiger partial charge in [-0.05, 0) is 47.9 Å². The number of hydrogen-bond donors (Lipinski definition) is 1. The van der Waals surface area contributed by atoms with Gasteiger partial charge in [-0.3, -0.25) is 4.79 Å². The van der Waals surface area contributed by atoms with Gasteiger partial charge in [-0.1, -0.05) is 54.6 Å². The third-order valence-electron chi connectivity index (χ3n) is 4.30. The maximum atomic E-state index is 12.2. The fourth-order valence-corrected chi connectivity index (χ4v) is 2.88. The van der Waals surface area contributed by atoms with E-state index in [1.165, 1.54) is 0 Å². The van der Waals surface area contributed by atoms with Gasteiger partial charge in [0.25, 0.3) is 5.91 Å². The number of nitrogens with zero attached hydrogens (tertiary/aromatic N) is 2. The zero-order valence-electron chi connectivity index (χ0n) is 15.7. The molecule has 4 aromatic carbocycles. The molecule has 5 heteroatoms. The molecule has 142 valence electrons. The van der Waals surface area contributed by atoms with Crippen LogP contribution in [0.3, 0.4) is 0 Å². The molecule has 0 atom stereocenters. The van der Waals surface area contributed by atoms with E-state index in [2.05, 4.69) is 15.5 Å². The molecule has 0 saturated carbocycles. The number of azo groups is 1. The van der Waals surface area contributed by atoms with Crippen LogP contribution in [-0.4, -0.2) is 12.5 Å². The van der Waals surface area contributed by atoms with Crippen LogP contribution in [0.25, 0.3) is 10.8 Å². The minimum atomic E-state index is -0.225. The Morgan fingerprint density at radius 2 is 1.38 bits per heavy atom. The molecule has 0 fully saturated rings. The summed E-state index contributed by atoms with van der Waals surface area (Å²) in [6.07, 6.45) is 0. The third-order valence-corrected chi connectivity index (χ3v) is 4.30. The Morgan fingerprint density at radius 3 is 2.17 bits per heavy atom. The average Bonchev–Trinajstić information content (AvgIpc) is 2.78. The van der Waals surface area contributed by atoms with Gasteiger partial charge in [0.15, 0.2) is 6.61 Å². The highest BCUT2D eigenvalue weighted by molar-refractivity contribution is 5.93. The molecular weight excluding hydrogens is 362 g/mol. The van der Waals surface area contributed by atoms with Gasteiger partial charge in [0.1, 0.15) is 5.75 Å². The van der Waals surface area contributed by atoms with Crippen molar-refractivity contribution in [2.24, 2.45) is 10.2 Å². The molecule has 4 rings (SSSR count). The van der Waals surface area contributed by atoms with Crippen molar-refractivity contribution in [3.8, 4) is 5.75 Å². The highest BCUT2D eigenvalue weighted by Crippen LogP contribution is 2.25. The van der Waals surface area contributed by atoms with Crippen LogP contribution in [0.5, 0.6) is 5.75 Å². The highest BCUT2D eigenvalue weighted by atomic mass is 16.5. The summed E-state index contributed by atoms with van der Waals surface area (Å²) in [6.45, 7) is -0.0660. The Kier molecular flexibility index (Phi) is 5.58. The normalized spacial score (nSPS) is 10.9. The lowest BCUT2D eigenvalue weighted by molar-refractivity contribution is -0.118. The Morgan fingerprint density at radius 1 is 0.724 bits per heavy atom. The van der Waals surface area contributed by atoms with Crippen molar-refractivity contribution >= 4 is 33.7 Å². The summed E-state index contributed by atoms with van der Waals surface area (Å²) in [4.78, 5) is 12.2. The first kappa shape index (κ1) is 18.4. The van der Waals surface area contributed by atoms with Crippen LogP contribution < -0.4 is 10.1 Å². The van der Waals surface area contributed by atoms with Gasteiger partial charge in [0.05, 0.1) is 11.4 Å². The monoisotopic (exact) mass is 381 g/mol. The van der Waals surface area contributed by atoms with Crippen LogP contribution >= 0.6 is 0 Å². The molecule has 4 aromatic rings. The first-order chi connectivity index (χ1) is 14.3. The largest absolute Gasteiger partial charge is 0.483 e. The van der Waals surface area contributed by atoms with Crippen LogP contribution in [0, 0.1) is 0 Å². The predicted octanol–water partition coefficient (Wildman–Crippen LogP) is 6.27. The lowest BCUT2D eigenvalue weighted by Crippen LogP contribution is -2.20. The zero-order valence-corrected chi connectivity index (χ0v) is 15.7. The van der Waals surface area contributed by atoms with Crippen molar-refractivity contribution in [1.29, 1.82) is 0 Å². The van der Waals surface area contributed by atoms with Gasteiger partial charge in [-0.15, -0.1) is 0 Å². The molecule has 0 radical (unpaired) electrons. The Balaban J connectivity index is 1.34. The van der Waals surface area contributed by atoms with E-state index in [1.54, 1.807) is 24.3 Å². The molecule has 0 bridgehead atoms. The van der Waals surface area contributed by atoms with Gasteiger partial charge >= 0.3 is 0 Å². The molecule has 29 heavy (non-hydrogen) atoms. The highest BCUT2D eigenvalue weighted by Gasteiger charge is 2.06. The van der Waals surface area contributed by atoms with E-state index in [4.69, 9.17) is 4.74 Å². The lowest BCUT2D eigenvalue weighted by Gasteiger charge is -2.10. The third kappa shape index (κ3) is 4.84. The second kappa shape index (κ2) is 8.80. The fourth-order valence-electron chi connectivity index (χ4n) is 2.88. The molecular formula is C24H19N3O2. The summed E-state index contributed by atoms with van der Waals surface area (Å²) in [5.41, 5.74) is 2.17. The van der Waals surface area contributed by atoms with Crippen LogP contribution in [0.2, 0.25) is 0 Å². The minimum absolute atomic E-state index is 0.0660. The van der Waals surface area contributed by atoms with Crippen molar-refractivity contribution in [3.05, 3.63) is 97.1 Å². The Bertz CT molecular complexity index is 1130. The van der Waals surface area contributed by atoms with Crippen LogP contribution in [-0.2, 0) is 4.79 Å². The molecule has 0 spiro atoms. The predicted molar refractivity (Wildman–Crippen MR) is 115 cm³/mol. The number of rotatable bonds is 6. The molecule has 0 aliphatic rings. The summed E-state index contributed by atoms with van der Waals surface area (Å²) in [5, 5.41) is 13.2. The van der Waals surface area contributed by atoms with Crippen molar-refractivity contribution in [3.63, 3.8) is 0 Å². The summed E-state index contributed by atoms with van der Waals surface area (Å²) < 4.78 is 5.72. The number of fused-ring (bicyclic) bond motifs is 1. The molecule has 1 N–H and O–H groups in total. The number of anilines is 1. The fraction of sp³-hybridized carbons (Fsp3) is 0.0417. The van der Waals surface area contributed by atoms with E-state index >= 15 is 0 Å². The molecule has 5 nitrogen and oxygen atoms in total. The van der Waals surface area contributed by atoms with Gasteiger partial charge in [0.2, 0.25) is 0 Å². The van der Waals surface area contributed by atoms with Crippen LogP contribution in [0.1, 0.15) is 0 Å². The number of carbonyl (C=O) groups is 1. The van der Waals surface area contributed by atoms with E-state index in [0.29, 0.717) is 17.1 Å². The average molecular weight is 381 g/mol. The molecule has 1 amide bonds. The summed E-state index contributed by atoms with van der Waals surface area (Å²) in [5.74, 6) is 0.464. The number of amides is 1. The minimum Gasteiger partial charge on any atom is -0.483 e. The van der Waals surface area contributed by atoms with E-state index in [0.717, 1.165) is 16.5 Å². The van der Waals surface area contributed by atoms with Crippen molar-refractivity contribution in [2.75, 3.05) is 11.9 Å². The van der Waals surface area contributed by atoms with Gasteiger partial charge in [-0.25, -0.2) is 0 Å². The van der Waals surface area contributed by atoms with Gasteiger partial charge in [0, 0.05) is 11.1 Å². The van der Waals surface area contributed by atoms with Crippen molar-refractivity contribution in [1.82, 2.24) is 0 Å². The zero-order chi connectivity index (χ0) is 19.9. The summed E-state index contributed by atoms with van der Waals surface area (Å²) in [7, 11) is 0. The number of nitrogens with one attached hydrogen (secondary N) is 1. The number of hydrogen-bond acceptors (Lipinski definition) is 4. The molecule has 0 aliphatic heterocycles. The van der Waals surface area contributed by atoms with Crippen molar-refractivity contribution in [2.45, 2.75) is 0 Å². The van der Waals surface area contributed by atoms with E-state index in [-0.39, 0.29) is 12.5 Å². The molecule has 0 unspecified atom stereocenters. The van der Waals surface area contributed by atoms with E-state index in [9.17, 15) is 4.79 Å². The van der Waals surface area contributed by atoms with Gasteiger partial charge in [-0.2, -0.15) is 10.2 Å². The Hall–Kier alpha value is -3.99. The molecule has 0 aromatic heterocycles. The van der Waals surface area contributed by atoms with Gasteiger partial charge < -0.3 is 10.1 Å². The topological polar surface area (TPSA) is 63.0 Å². The first-order valence-corrected chi connectivity index (χ1v) is 9.25. The maximum Gasteiger partial charge on any atom is 0.262 e. The SMILES string of the molecule is O=C(COc1cccc2ccccc12)Nc1ccc(N=Nc2ccccc2)cc1. The number of benzene rings is 4. The quantitative estimate of drug-likeness (QED) is 0.400. The second-order valence-corrected chi connectivity index (χ2v) is 6.40. The van der Waals surface area contributed by atoms with E-state index in [1.807, 2.05) is 72.8 Å². The maximum absolute atomic E-state index is 12.2. The lowest BCUT2D eigenvalue weighted by atomic mass is 10.1. The van der Waals surface area contributed by atoms with Crippen LogP contribution in [0.15, 0.2) is 107 Å². The standard InChI is InChI=1S/C24H19N3O2/c28-24(17-29-23-12-6-8-18-7-4-5-11-22(18)23)25-19-13-15-21(16-14-19)27-26-20-9-2-1-3-10-20/h1-16H,17H2,(H,25,28). The molecule has 0 aliphatic carbocycles. The summed E-state index contributed by atoms with van der Waals surface area (Å²) in [6, 6.07) is 30.4. The van der Waals surface area contributed by atoms with Crippen LogP contribution in [0.4, 0.5) is 17.1 Å².